The Morgan fingerprint density at radius 3 is 2.13 bits per heavy atom. The van der Waals surface area contributed by atoms with Crippen molar-refractivity contribution in [1.82, 2.24) is 0 Å². The summed E-state index contributed by atoms with van der Waals surface area (Å²) < 4.78 is 5.79. The third-order valence-corrected chi connectivity index (χ3v) is 6.54. The van der Waals surface area contributed by atoms with Crippen LogP contribution in [0.25, 0.3) is 0 Å². The van der Waals surface area contributed by atoms with Gasteiger partial charge in [0.1, 0.15) is 5.75 Å². The second kappa shape index (κ2) is 13.3. The van der Waals surface area contributed by atoms with Gasteiger partial charge in [-0.15, -0.1) is 0 Å². The van der Waals surface area contributed by atoms with Gasteiger partial charge in [0.25, 0.3) is 0 Å². The summed E-state index contributed by atoms with van der Waals surface area (Å²) in [6, 6.07) is 17.8. The topological polar surface area (TPSA) is 9.23 Å². The molecule has 0 saturated heterocycles. The summed E-state index contributed by atoms with van der Waals surface area (Å²) in [5.74, 6) is 9.14. The van der Waals surface area contributed by atoms with Crippen molar-refractivity contribution in [2.75, 3.05) is 6.61 Å². The molecule has 1 fully saturated rings. The van der Waals surface area contributed by atoms with Crippen molar-refractivity contribution in [1.29, 1.82) is 0 Å². The van der Waals surface area contributed by atoms with Gasteiger partial charge in [-0.3, -0.25) is 0 Å². The van der Waals surface area contributed by atoms with E-state index in [1.807, 2.05) is 0 Å². The van der Waals surface area contributed by atoms with Gasteiger partial charge in [-0.25, -0.2) is 0 Å². The first-order valence-corrected chi connectivity index (χ1v) is 12.6. The number of rotatable bonds is 10. The van der Waals surface area contributed by atoms with Crippen LogP contribution in [0, 0.1) is 17.8 Å². The molecule has 0 bridgehead atoms. The predicted molar refractivity (Wildman–Crippen MR) is 133 cm³/mol. The van der Waals surface area contributed by atoms with Gasteiger partial charge in [0.05, 0.1) is 6.61 Å². The minimum Gasteiger partial charge on any atom is -0.494 e. The highest BCUT2D eigenvalue weighted by atomic mass is 16.5. The minimum absolute atomic E-state index is 0.537. The lowest BCUT2D eigenvalue weighted by Crippen LogP contribution is -2.12. The Balaban J connectivity index is 1.42. The molecule has 0 aliphatic heterocycles. The molecule has 1 aliphatic carbocycles. The van der Waals surface area contributed by atoms with E-state index in [0.717, 1.165) is 24.3 Å². The molecule has 0 heterocycles. The lowest BCUT2D eigenvalue weighted by atomic mass is 9.78. The van der Waals surface area contributed by atoms with Crippen molar-refractivity contribution >= 4 is 0 Å². The second-order valence-corrected chi connectivity index (χ2v) is 9.10. The number of benzene rings is 2. The van der Waals surface area contributed by atoms with E-state index < -0.39 is 0 Å². The summed E-state index contributed by atoms with van der Waals surface area (Å²) in [5.41, 5.74) is 4.12. The molecular formula is C30H40O. The van der Waals surface area contributed by atoms with Crippen LogP contribution < -0.4 is 4.74 Å². The van der Waals surface area contributed by atoms with Crippen LogP contribution in [0.4, 0.5) is 0 Å². The van der Waals surface area contributed by atoms with Crippen LogP contribution in [0.5, 0.6) is 5.75 Å². The van der Waals surface area contributed by atoms with Gasteiger partial charge in [0.15, 0.2) is 0 Å². The first-order chi connectivity index (χ1) is 15.3. The normalized spacial score (nSPS) is 18.3. The lowest BCUT2D eigenvalue weighted by Gasteiger charge is -2.26. The number of aryl methyl sites for hydroxylation is 1. The van der Waals surface area contributed by atoms with Gasteiger partial charge >= 0.3 is 0 Å². The first-order valence-electron chi connectivity index (χ1n) is 12.6. The van der Waals surface area contributed by atoms with Crippen molar-refractivity contribution in [3.05, 3.63) is 65.2 Å². The van der Waals surface area contributed by atoms with Crippen molar-refractivity contribution in [2.45, 2.75) is 90.4 Å². The molecule has 0 spiro atoms. The quantitative estimate of drug-likeness (QED) is 0.279. The van der Waals surface area contributed by atoms with Crippen LogP contribution in [0.15, 0.2) is 48.5 Å². The Labute approximate surface area is 190 Å². The van der Waals surface area contributed by atoms with E-state index in [9.17, 15) is 0 Å². The zero-order valence-corrected chi connectivity index (χ0v) is 19.7. The van der Waals surface area contributed by atoms with Gasteiger partial charge in [-0.05, 0) is 86.3 Å². The van der Waals surface area contributed by atoms with E-state index in [1.54, 1.807) is 0 Å². The highest BCUT2D eigenvalue weighted by Gasteiger charge is 2.21. The van der Waals surface area contributed by atoms with Crippen molar-refractivity contribution < 1.29 is 4.74 Å². The molecule has 166 valence electrons. The highest BCUT2D eigenvalue weighted by molar-refractivity contribution is 5.38. The van der Waals surface area contributed by atoms with Gasteiger partial charge in [0, 0.05) is 11.5 Å². The fraction of sp³-hybridized carbons (Fsp3) is 0.533. The van der Waals surface area contributed by atoms with Crippen LogP contribution in [0.2, 0.25) is 0 Å². The molecule has 0 radical (unpaired) electrons. The predicted octanol–water partition coefficient (Wildman–Crippen LogP) is 8.31. The largest absolute Gasteiger partial charge is 0.494 e. The maximum Gasteiger partial charge on any atom is 0.119 e. The van der Waals surface area contributed by atoms with Crippen molar-refractivity contribution in [3.63, 3.8) is 0 Å². The maximum absolute atomic E-state index is 5.79. The molecule has 0 atom stereocenters. The fourth-order valence-corrected chi connectivity index (χ4v) is 4.47. The van der Waals surface area contributed by atoms with Gasteiger partial charge in [-0.1, -0.05) is 75.6 Å². The SMILES string of the molecule is CCCCCOc1ccc(C#C[C@H]2CC[C@H](c3ccc(CCCCC)cc3)CC2)cc1. The molecule has 31 heavy (non-hydrogen) atoms. The van der Waals surface area contributed by atoms with Crippen LogP contribution in [-0.4, -0.2) is 6.61 Å². The number of hydrogen-bond acceptors (Lipinski definition) is 1. The van der Waals surface area contributed by atoms with Gasteiger partial charge in [-0.2, -0.15) is 0 Å². The van der Waals surface area contributed by atoms with Crippen molar-refractivity contribution in [2.24, 2.45) is 5.92 Å². The first kappa shape index (κ1) is 23.5. The molecule has 1 saturated carbocycles. The van der Waals surface area contributed by atoms with E-state index in [0.29, 0.717) is 11.8 Å². The van der Waals surface area contributed by atoms with E-state index in [4.69, 9.17) is 4.74 Å². The number of ether oxygens (including phenoxy) is 1. The molecule has 0 aromatic heterocycles. The molecule has 0 amide bonds. The Bertz CT molecular complexity index is 798. The molecule has 3 rings (SSSR count). The van der Waals surface area contributed by atoms with Crippen LogP contribution >= 0.6 is 0 Å². The Morgan fingerprint density at radius 2 is 1.45 bits per heavy atom. The standard InChI is InChI=1S/C30H40O/c1-3-5-7-9-25-12-18-28(19-13-25)29-20-14-26(15-21-29)10-11-27-16-22-30(23-17-27)31-24-8-6-4-2/h12-13,16-19,22-23,26,29H,3-9,14-15,20-21,24H2,1-2H3/t26-,29-. The van der Waals surface area contributed by atoms with E-state index in [2.05, 4.69) is 74.2 Å². The van der Waals surface area contributed by atoms with Crippen LogP contribution in [0.1, 0.15) is 101 Å². The summed E-state index contributed by atoms with van der Waals surface area (Å²) in [5, 5.41) is 0. The summed E-state index contributed by atoms with van der Waals surface area (Å²) in [7, 11) is 0. The Morgan fingerprint density at radius 1 is 0.774 bits per heavy atom. The molecule has 1 nitrogen and oxygen atoms in total. The summed E-state index contributed by atoms with van der Waals surface area (Å²) in [4.78, 5) is 0. The average Bonchev–Trinajstić information content (AvgIpc) is 2.82. The highest BCUT2D eigenvalue weighted by Crippen LogP contribution is 2.35. The summed E-state index contributed by atoms with van der Waals surface area (Å²) >= 11 is 0. The fourth-order valence-electron chi connectivity index (χ4n) is 4.47. The van der Waals surface area contributed by atoms with Gasteiger partial charge in [0.2, 0.25) is 0 Å². The monoisotopic (exact) mass is 416 g/mol. The third-order valence-electron chi connectivity index (χ3n) is 6.54. The minimum atomic E-state index is 0.537. The lowest BCUT2D eigenvalue weighted by molar-refractivity contribution is 0.306. The molecule has 1 heteroatoms. The van der Waals surface area contributed by atoms with Crippen molar-refractivity contribution in [3.8, 4) is 17.6 Å². The molecule has 2 aromatic carbocycles. The van der Waals surface area contributed by atoms with E-state index >= 15 is 0 Å². The maximum atomic E-state index is 5.79. The third kappa shape index (κ3) is 8.10. The van der Waals surface area contributed by atoms with Crippen LogP contribution in [0.3, 0.4) is 0 Å². The molecular weight excluding hydrogens is 376 g/mol. The zero-order valence-electron chi connectivity index (χ0n) is 19.7. The molecule has 0 unspecified atom stereocenters. The smallest absolute Gasteiger partial charge is 0.119 e. The summed E-state index contributed by atoms with van der Waals surface area (Å²) in [6.45, 7) is 5.29. The van der Waals surface area contributed by atoms with E-state index in [1.165, 1.54) is 75.3 Å². The Kier molecular flexibility index (Phi) is 10.0. The number of unbranched alkanes of at least 4 members (excludes halogenated alkanes) is 4. The Hall–Kier alpha value is -2.20. The van der Waals surface area contributed by atoms with Crippen LogP contribution in [-0.2, 0) is 6.42 Å². The second-order valence-electron chi connectivity index (χ2n) is 9.10. The molecule has 1 aliphatic rings. The molecule has 2 aromatic rings. The summed E-state index contributed by atoms with van der Waals surface area (Å²) in [6.07, 6.45) is 13.7. The van der Waals surface area contributed by atoms with Gasteiger partial charge < -0.3 is 4.74 Å². The number of hydrogen-bond donors (Lipinski definition) is 0. The zero-order chi connectivity index (χ0) is 21.7. The van der Waals surface area contributed by atoms with E-state index in [-0.39, 0.29) is 0 Å². The average molecular weight is 417 g/mol. The molecule has 0 N–H and O–H groups in total.